The zero-order valence-corrected chi connectivity index (χ0v) is 13.8. The van der Waals surface area contributed by atoms with E-state index in [1.165, 1.54) is 0 Å². The lowest BCUT2D eigenvalue weighted by Crippen LogP contribution is -2.39. The molecule has 1 unspecified atom stereocenters. The van der Waals surface area contributed by atoms with Crippen LogP contribution in [0.1, 0.15) is 29.4 Å². The Hall–Kier alpha value is -1.69. The Bertz CT molecular complexity index is 611. The van der Waals surface area contributed by atoms with Gasteiger partial charge in [-0.15, -0.1) is 11.3 Å². The van der Waals surface area contributed by atoms with Crippen molar-refractivity contribution in [1.82, 2.24) is 10.2 Å². The summed E-state index contributed by atoms with van der Waals surface area (Å²) in [5.74, 6) is 0.0433. The number of aliphatic hydroxyl groups excluding tert-OH is 1. The van der Waals surface area contributed by atoms with Crippen LogP contribution in [-0.4, -0.2) is 35.0 Å². The lowest BCUT2D eigenvalue weighted by molar-refractivity contribution is -0.122. The van der Waals surface area contributed by atoms with Gasteiger partial charge in [-0.25, -0.2) is 0 Å². The van der Waals surface area contributed by atoms with Crippen molar-refractivity contribution in [3.8, 4) is 0 Å². The third-order valence-corrected chi connectivity index (χ3v) is 4.83. The summed E-state index contributed by atoms with van der Waals surface area (Å²) in [5, 5.41) is 15.4. The fraction of sp³-hybridized carbons (Fsp3) is 0.389. The summed E-state index contributed by atoms with van der Waals surface area (Å²) in [6.45, 7) is 1.42. The highest BCUT2D eigenvalue weighted by atomic mass is 32.1. The van der Waals surface area contributed by atoms with Crippen molar-refractivity contribution in [1.29, 1.82) is 0 Å². The minimum Gasteiger partial charge on any atom is -0.386 e. The van der Waals surface area contributed by atoms with E-state index in [1.807, 2.05) is 52.7 Å². The van der Waals surface area contributed by atoms with E-state index in [1.54, 1.807) is 11.3 Å². The van der Waals surface area contributed by atoms with Crippen LogP contribution in [0.3, 0.4) is 0 Å². The standard InChI is InChI=1S/C18H22N2O2S/c21-16(17-7-4-10-23-17)12-20(11-14-5-2-1-3-6-14)13-18(22)19-15-8-9-15/h1-7,10,15-16,21H,8-9,11-13H2,(H,19,22). The van der Waals surface area contributed by atoms with Crippen LogP contribution in [0.5, 0.6) is 0 Å². The molecule has 1 amide bonds. The first-order valence-corrected chi connectivity index (χ1v) is 8.86. The maximum Gasteiger partial charge on any atom is 0.234 e. The zero-order chi connectivity index (χ0) is 16.1. The highest BCUT2D eigenvalue weighted by Gasteiger charge is 2.25. The largest absolute Gasteiger partial charge is 0.386 e. The van der Waals surface area contributed by atoms with Crippen molar-refractivity contribution in [2.24, 2.45) is 0 Å². The van der Waals surface area contributed by atoms with E-state index in [0.29, 0.717) is 25.7 Å². The molecule has 1 aliphatic carbocycles. The lowest BCUT2D eigenvalue weighted by Gasteiger charge is -2.24. The number of hydrogen-bond donors (Lipinski definition) is 2. The van der Waals surface area contributed by atoms with Gasteiger partial charge in [0.15, 0.2) is 0 Å². The molecule has 2 aromatic rings. The summed E-state index contributed by atoms with van der Waals surface area (Å²) in [4.78, 5) is 15.1. The van der Waals surface area contributed by atoms with E-state index >= 15 is 0 Å². The third-order valence-electron chi connectivity index (χ3n) is 3.86. The average molecular weight is 330 g/mol. The summed E-state index contributed by atoms with van der Waals surface area (Å²) in [5.41, 5.74) is 1.14. The molecule has 1 aromatic carbocycles. The predicted molar refractivity (Wildman–Crippen MR) is 92.2 cm³/mol. The van der Waals surface area contributed by atoms with Gasteiger partial charge in [-0.3, -0.25) is 9.69 Å². The maximum atomic E-state index is 12.1. The van der Waals surface area contributed by atoms with Gasteiger partial charge < -0.3 is 10.4 Å². The van der Waals surface area contributed by atoms with Crippen LogP contribution < -0.4 is 5.32 Å². The van der Waals surface area contributed by atoms with Crippen LogP contribution >= 0.6 is 11.3 Å². The second-order valence-corrected chi connectivity index (χ2v) is 7.01. The van der Waals surface area contributed by atoms with Crippen LogP contribution in [0, 0.1) is 0 Å². The molecule has 1 aliphatic rings. The number of rotatable bonds is 8. The Morgan fingerprint density at radius 3 is 2.70 bits per heavy atom. The number of amides is 1. The van der Waals surface area contributed by atoms with Crippen LogP contribution in [0.25, 0.3) is 0 Å². The van der Waals surface area contributed by atoms with Crippen LogP contribution in [0.4, 0.5) is 0 Å². The molecule has 0 aliphatic heterocycles. The van der Waals surface area contributed by atoms with E-state index in [2.05, 4.69) is 5.32 Å². The number of carbonyl (C=O) groups is 1. The summed E-state index contributed by atoms with van der Waals surface area (Å²) in [7, 11) is 0. The molecule has 1 saturated carbocycles. The van der Waals surface area contributed by atoms with Gasteiger partial charge in [0.2, 0.25) is 5.91 Å². The van der Waals surface area contributed by atoms with Crippen molar-refractivity contribution < 1.29 is 9.90 Å². The Balaban J connectivity index is 1.63. The van der Waals surface area contributed by atoms with Gasteiger partial charge in [0.25, 0.3) is 0 Å². The Morgan fingerprint density at radius 1 is 1.26 bits per heavy atom. The molecule has 2 N–H and O–H groups in total. The summed E-state index contributed by atoms with van der Waals surface area (Å²) in [6.07, 6.45) is 1.61. The Kier molecular flexibility index (Phi) is 5.43. The van der Waals surface area contributed by atoms with E-state index < -0.39 is 6.10 Å². The molecule has 1 heterocycles. The lowest BCUT2D eigenvalue weighted by atomic mass is 10.2. The van der Waals surface area contributed by atoms with Crippen molar-refractivity contribution in [3.05, 3.63) is 58.3 Å². The number of thiophene rings is 1. The van der Waals surface area contributed by atoms with Crippen LogP contribution in [0.2, 0.25) is 0 Å². The van der Waals surface area contributed by atoms with Gasteiger partial charge >= 0.3 is 0 Å². The average Bonchev–Trinajstić information content (AvgIpc) is 3.17. The molecule has 0 saturated heterocycles. The molecule has 122 valence electrons. The van der Waals surface area contributed by atoms with Gasteiger partial charge in [0.1, 0.15) is 6.10 Å². The first kappa shape index (κ1) is 16.2. The van der Waals surface area contributed by atoms with E-state index in [4.69, 9.17) is 0 Å². The number of benzene rings is 1. The first-order valence-electron chi connectivity index (χ1n) is 7.98. The molecule has 1 fully saturated rings. The molecule has 4 nitrogen and oxygen atoms in total. The molecular weight excluding hydrogens is 308 g/mol. The fourth-order valence-electron chi connectivity index (χ4n) is 2.55. The topological polar surface area (TPSA) is 52.6 Å². The summed E-state index contributed by atoms with van der Waals surface area (Å²) < 4.78 is 0. The number of nitrogens with zero attached hydrogens (tertiary/aromatic N) is 1. The first-order chi connectivity index (χ1) is 11.2. The number of nitrogens with one attached hydrogen (secondary N) is 1. The highest BCUT2D eigenvalue weighted by molar-refractivity contribution is 7.10. The molecule has 0 bridgehead atoms. The van der Waals surface area contributed by atoms with Crippen molar-refractivity contribution >= 4 is 17.2 Å². The van der Waals surface area contributed by atoms with Crippen molar-refractivity contribution in [2.75, 3.05) is 13.1 Å². The quantitative estimate of drug-likeness (QED) is 0.782. The second kappa shape index (κ2) is 7.73. The molecular formula is C18H22N2O2S. The number of carbonyl (C=O) groups excluding carboxylic acids is 1. The monoisotopic (exact) mass is 330 g/mol. The molecule has 1 aromatic heterocycles. The molecule has 0 radical (unpaired) electrons. The SMILES string of the molecule is O=C(CN(Cc1ccccc1)CC(O)c1cccs1)NC1CC1. The van der Waals surface area contributed by atoms with Gasteiger partial charge in [0, 0.05) is 24.0 Å². The molecule has 3 rings (SSSR count). The zero-order valence-electron chi connectivity index (χ0n) is 13.0. The van der Waals surface area contributed by atoms with Gasteiger partial charge in [0.05, 0.1) is 6.54 Å². The predicted octanol–water partition coefficient (Wildman–Crippen LogP) is 2.56. The minimum absolute atomic E-state index is 0.0433. The van der Waals surface area contributed by atoms with Gasteiger partial charge in [-0.2, -0.15) is 0 Å². The summed E-state index contributed by atoms with van der Waals surface area (Å²) >= 11 is 1.54. The minimum atomic E-state index is -0.563. The van der Waals surface area contributed by atoms with Gasteiger partial charge in [-0.05, 0) is 29.9 Å². The Labute approximate surface area is 140 Å². The number of hydrogen-bond acceptors (Lipinski definition) is 4. The van der Waals surface area contributed by atoms with Crippen molar-refractivity contribution in [3.63, 3.8) is 0 Å². The number of aliphatic hydroxyl groups is 1. The van der Waals surface area contributed by atoms with E-state index in [0.717, 1.165) is 23.3 Å². The normalized spacial score (nSPS) is 15.6. The van der Waals surface area contributed by atoms with E-state index in [-0.39, 0.29) is 5.91 Å². The molecule has 23 heavy (non-hydrogen) atoms. The highest BCUT2D eigenvalue weighted by Crippen LogP contribution is 2.21. The Morgan fingerprint density at radius 2 is 2.04 bits per heavy atom. The van der Waals surface area contributed by atoms with Gasteiger partial charge in [-0.1, -0.05) is 36.4 Å². The second-order valence-electron chi connectivity index (χ2n) is 6.03. The molecule has 5 heteroatoms. The molecule has 1 atom stereocenters. The third kappa shape index (κ3) is 5.16. The summed E-state index contributed by atoms with van der Waals surface area (Å²) in [6, 6.07) is 14.3. The van der Waals surface area contributed by atoms with Crippen LogP contribution in [-0.2, 0) is 11.3 Å². The van der Waals surface area contributed by atoms with E-state index in [9.17, 15) is 9.90 Å². The smallest absolute Gasteiger partial charge is 0.234 e. The fourth-order valence-corrected chi connectivity index (χ4v) is 3.25. The molecule has 0 spiro atoms. The van der Waals surface area contributed by atoms with Crippen molar-refractivity contribution in [2.45, 2.75) is 31.5 Å². The van der Waals surface area contributed by atoms with Crippen LogP contribution in [0.15, 0.2) is 47.8 Å². The maximum absolute atomic E-state index is 12.1.